The molecule has 0 heterocycles. The number of hydrogen-bond acceptors (Lipinski definition) is 4. The Bertz CT molecular complexity index is 1020. The fraction of sp³-hybridized carbons (Fsp3) is 0.240. The van der Waals surface area contributed by atoms with Crippen molar-refractivity contribution in [2.45, 2.75) is 26.5 Å². The normalized spacial score (nSPS) is 11.5. The first-order valence-electron chi connectivity index (χ1n) is 10.1. The summed E-state index contributed by atoms with van der Waals surface area (Å²) in [7, 11) is 1.61. The van der Waals surface area contributed by atoms with Crippen LogP contribution in [0.5, 0.6) is 17.2 Å². The SMILES string of the molecule is CCOc1ccc(C(=O)N[C@H](C)c2ccc(Cl)cc2)cc1COc1cccc(OC)c1. The van der Waals surface area contributed by atoms with Gasteiger partial charge in [-0.3, -0.25) is 4.79 Å². The zero-order valence-electron chi connectivity index (χ0n) is 17.9. The van der Waals surface area contributed by atoms with Crippen LogP contribution >= 0.6 is 11.6 Å². The fourth-order valence-corrected chi connectivity index (χ4v) is 3.22. The van der Waals surface area contributed by atoms with Gasteiger partial charge in [0.25, 0.3) is 5.91 Å². The molecular weight excluding hydrogens is 414 g/mol. The van der Waals surface area contributed by atoms with Crippen LogP contribution in [0.1, 0.15) is 41.4 Å². The third-order valence-electron chi connectivity index (χ3n) is 4.78. The number of carbonyl (C=O) groups excluding carboxylic acids is 1. The summed E-state index contributed by atoms with van der Waals surface area (Å²) in [4.78, 5) is 12.8. The molecule has 0 aromatic heterocycles. The summed E-state index contributed by atoms with van der Waals surface area (Å²) in [5.41, 5.74) is 2.30. The molecule has 0 aliphatic carbocycles. The number of ether oxygens (including phenoxy) is 3. The molecule has 3 aromatic rings. The van der Waals surface area contributed by atoms with Crippen molar-refractivity contribution in [3.63, 3.8) is 0 Å². The van der Waals surface area contributed by atoms with Crippen molar-refractivity contribution in [3.05, 3.63) is 88.4 Å². The Kier molecular flexibility index (Phi) is 7.79. The summed E-state index contributed by atoms with van der Waals surface area (Å²) in [5.74, 6) is 1.90. The van der Waals surface area contributed by atoms with E-state index >= 15 is 0 Å². The molecular formula is C25H26ClNO4. The van der Waals surface area contributed by atoms with E-state index in [9.17, 15) is 4.79 Å². The first kappa shape index (κ1) is 22.5. The molecule has 5 nitrogen and oxygen atoms in total. The zero-order chi connectivity index (χ0) is 22.2. The van der Waals surface area contributed by atoms with Gasteiger partial charge in [0, 0.05) is 22.2 Å². The zero-order valence-corrected chi connectivity index (χ0v) is 18.6. The maximum absolute atomic E-state index is 12.8. The molecule has 162 valence electrons. The second-order valence-electron chi connectivity index (χ2n) is 6.97. The Morgan fingerprint density at radius 3 is 2.45 bits per heavy atom. The van der Waals surface area contributed by atoms with E-state index in [1.807, 2.05) is 62.4 Å². The van der Waals surface area contributed by atoms with Gasteiger partial charge in [-0.2, -0.15) is 0 Å². The minimum absolute atomic E-state index is 0.159. The Morgan fingerprint density at radius 2 is 1.74 bits per heavy atom. The molecule has 31 heavy (non-hydrogen) atoms. The number of hydrogen-bond donors (Lipinski definition) is 1. The van der Waals surface area contributed by atoms with Crippen LogP contribution in [0.2, 0.25) is 5.02 Å². The minimum atomic E-state index is -0.173. The average molecular weight is 440 g/mol. The summed E-state index contributed by atoms with van der Waals surface area (Å²) in [6.45, 7) is 4.63. The quantitative estimate of drug-likeness (QED) is 0.456. The molecule has 0 saturated carbocycles. The summed E-state index contributed by atoms with van der Waals surface area (Å²) in [6.07, 6.45) is 0. The van der Waals surface area contributed by atoms with E-state index in [2.05, 4.69) is 5.32 Å². The van der Waals surface area contributed by atoms with Crippen molar-refractivity contribution in [3.8, 4) is 17.2 Å². The molecule has 0 radical (unpaired) electrons. The molecule has 1 amide bonds. The maximum Gasteiger partial charge on any atom is 0.251 e. The second-order valence-corrected chi connectivity index (χ2v) is 7.41. The summed E-state index contributed by atoms with van der Waals surface area (Å²) in [5, 5.41) is 3.68. The molecule has 0 bridgehead atoms. The van der Waals surface area contributed by atoms with Gasteiger partial charge < -0.3 is 19.5 Å². The summed E-state index contributed by atoms with van der Waals surface area (Å²) < 4.78 is 16.9. The van der Waals surface area contributed by atoms with Crippen LogP contribution in [0.15, 0.2) is 66.7 Å². The number of nitrogens with one attached hydrogen (secondary N) is 1. The van der Waals surface area contributed by atoms with Crippen molar-refractivity contribution in [1.29, 1.82) is 0 Å². The van der Waals surface area contributed by atoms with Crippen LogP contribution in [-0.4, -0.2) is 19.6 Å². The monoisotopic (exact) mass is 439 g/mol. The molecule has 0 spiro atoms. The van der Waals surface area contributed by atoms with Crippen LogP contribution in [0.25, 0.3) is 0 Å². The van der Waals surface area contributed by atoms with Crippen LogP contribution < -0.4 is 19.5 Å². The molecule has 0 aliphatic heterocycles. The molecule has 0 fully saturated rings. The lowest BCUT2D eigenvalue weighted by molar-refractivity contribution is 0.0939. The fourth-order valence-electron chi connectivity index (χ4n) is 3.10. The number of amides is 1. The number of rotatable bonds is 9. The van der Waals surface area contributed by atoms with Crippen molar-refractivity contribution in [2.24, 2.45) is 0 Å². The highest BCUT2D eigenvalue weighted by molar-refractivity contribution is 6.30. The molecule has 0 unspecified atom stereocenters. The Hall–Kier alpha value is -3.18. The van der Waals surface area contributed by atoms with Gasteiger partial charge in [-0.15, -0.1) is 0 Å². The predicted octanol–water partition coefficient (Wildman–Crippen LogP) is 5.82. The van der Waals surface area contributed by atoms with Crippen molar-refractivity contribution in [1.82, 2.24) is 5.32 Å². The average Bonchev–Trinajstić information content (AvgIpc) is 2.79. The number of methoxy groups -OCH3 is 1. The third-order valence-corrected chi connectivity index (χ3v) is 5.03. The van der Waals surface area contributed by atoms with Gasteiger partial charge in [-0.1, -0.05) is 29.8 Å². The first-order chi connectivity index (χ1) is 15.0. The lowest BCUT2D eigenvalue weighted by Crippen LogP contribution is -2.26. The largest absolute Gasteiger partial charge is 0.497 e. The highest BCUT2D eigenvalue weighted by atomic mass is 35.5. The van der Waals surface area contributed by atoms with Gasteiger partial charge in [0.2, 0.25) is 0 Å². The topological polar surface area (TPSA) is 56.8 Å². The molecule has 6 heteroatoms. The van der Waals surface area contributed by atoms with Gasteiger partial charge in [-0.25, -0.2) is 0 Å². The molecule has 0 saturated heterocycles. The van der Waals surface area contributed by atoms with E-state index in [1.54, 1.807) is 25.3 Å². The summed E-state index contributed by atoms with van der Waals surface area (Å²) >= 11 is 5.95. The van der Waals surface area contributed by atoms with Gasteiger partial charge in [0.05, 0.1) is 19.8 Å². The maximum atomic E-state index is 12.8. The van der Waals surface area contributed by atoms with E-state index in [0.29, 0.717) is 34.4 Å². The smallest absolute Gasteiger partial charge is 0.251 e. The van der Waals surface area contributed by atoms with E-state index < -0.39 is 0 Å². The van der Waals surface area contributed by atoms with Gasteiger partial charge in [-0.05, 0) is 61.9 Å². The molecule has 3 aromatic carbocycles. The van der Waals surface area contributed by atoms with E-state index in [0.717, 1.165) is 11.1 Å². The molecule has 1 N–H and O–H groups in total. The first-order valence-corrected chi connectivity index (χ1v) is 10.5. The van der Waals surface area contributed by atoms with Gasteiger partial charge in [0.1, 0.15) is 23.9 Å². The highest BCUT2D eigenvalue weighted by Crippen LogP contribution is 2.25. The highest BCUT2D eigenvalue weighted by Gasteiger charge is 2.15. The second kappa shape index (κ2) is 10.7. The summed E-state index contributed by atoms with van der Waals surface area (Å²) in [6, 6.07) is 20.0. The standard InChI is InChI=1S/C25H26ClNO4/c1-4-30-24-13-10-19(25(28)27-17(2)18-8-11-21(26)12-9-18)14-20(24)16-31-23-7-5-6-22(15-23)29-3/h5-15,17H,4,16H2,1-3H3,(H,27,28)/t17-/m1/s1. The molecule has 1 atom stereocenters. The van der Waals surface area contributed by atoms with Crippen LogP contribution in [0.3, 0.4) is 0 Å². The van der Waals surface area contributed by atoms with E-state index in [4.69, 9.17) is 25.8 Å². The Morgan fingerprint density at radius 1 is 1.00 bits per heavy atom. The van der Waals surface area contributed by atoms with Crippen molar-refractivity contribution >= 4 is 17.5 Å². The van der Waals surface area contributed by atoms with E-state index in [-0.39, 0.29) is 18.6 Å². The van der Waals surface area contributed by atoms with Crippen LogP contribution in [-0.2, 0) is 6.61 Å². The molecule has 3 rings (SSSR count). The Labute approximate surface area is 187 Å². The van der Waals surface area contributed by atoms with Crippen molar-refractivity contribution < 1.29 is 19.0 Å². The predicted molar refractivity (Wildman–Crippen MR) is 122 cm³/mol. The number of benzene rings is 3. The lowest BCUT2D eigenvalue weighted by Gasteiger charge is -2.16. The van der Waals surface area contributed by atoms with Crippen LogP contribution in [0, 0.1) is 0 Å². The lowest BCUT2D eigenvalue weighted by atomic mass is 10.1. The van der Waals surface area contributed by atoms with Crippen LogP contribution in [0.4, 0.5) is 0 Å². The molecule has 0 aliphatic rings. The van der Waals surface area contributed by atoms with Gasteiger partial charge in [0.15, 0.2) is 0 Å². The van der Waals surface area contributed by atoms with Gasteiger partial charge >= 0.3 is 0 Å². The minimum Gasteiger partial charge on any atom is -0.497 e. The third kappa shape index (κ3) is 6.15. The van der Waals surface area contributed by atoms with Crippen molar-refractivity contribution in [2.75, 3.05) is 13.7 Å². The number of carbonyl (C=O) groups is 1. The van der Waals surface area contributed by atoms with E-state index in [1.165, 1.54) is 0 Å². The Balaban J connectivity index is 1.74. The number of halogens is 1.